The van der Waals surface area contributed by atoms with E-state index in [2.05, 4.69) is 74.8 Å². The number of benzene rings is 2. The molecule has 0 aromatic heterocycles. The fourth-order valence-corrected chi connectivity index (χ4v) is 7.04. The third kappa shape index (κ3) is 3.74. The van der Waals surface area contributed by atoms with Crippen LogP contribution in [0.5, 0.6) is 0 Å². The van der Waals surface area contributed by atoms with Gasteiger partial charge in [-0.25, -0.2) is 0 Å². The van der Waals surface area contributed by atoms with Crippen LogP contribution in [0.15, 0.2) is 99.1 Å². The zero-order valence-corrected chi connectivity index (χ0v) is 15.4. The van der Waals surface area contributed by atoms with Crippen molar-refractivity contribution in [2.45, 2.75) is 18.1 Å². The van der Waals surface area contributed by atoms with Gasteiger partial charge < -0.3 is 0 Å². The molecule has 0 unspecified atom stereocenters. The van der Waals surface area contributed by atoms with Crippen LogP contribution in [0.4, 0.5) is 0 Å². The minimum Gasteiger partial charge on any atom is -0.103 e. The van der Waals surface area contributed by atoms with Crippen LogP contribution in [-0.4, -0.2) is 8.07 Å². The molecular weight excluding hydrogens is 304 g/mol. The van der Waals surface area contributed by atoms with Gasteiger partial charge in [-0.1, -0.05) is 84.6 Å². The Kier molecular flexibility index (Phi) is 6.33. The number of hydrogen-bond acceptors (Lipinski definition) is 0. The van der Waals surface area contributed by atoms with E-state index in [0.29, 0.717) is 0 Å². The molecule has 0 atom stereocenters. The summed E-state index contributed by atoms with van der Waals surface area (Å²) in [5.74, 6) is 0. The first kappa shape index (κ1) is 18.0. The molecule has 0 N–H and O–H groups in total. The van der Waals surface area contributed by atoms with E-state index in [1.54, 1.807) is 0 Å². The average molecular weight is 331 g/mol. The second kappa shape index (κ2) is 8.46. The molecule has 0 spiro atoms. The lowest BCUT2D eigenvalue weighted by molar-refractivity contribution is 1.38. The van der Waals surface area contributed by atoms with Crippen LogP contribution in [0.2, 0.25) is 18.1 Å². The van der Waals surface area contributed by atoms with Gasteiger partial charge in [-0.15, -0.1) is 19.7 Å². The summed E-state index contributed by atoms with van der Waals surface area (Å²) in [4.78, 5) is 0. The van der Waals surface area contributed by atoms with Gasteiger partial charge in [0.2, 0.25) is 0 Å². The summed E-state index contributed by atoms with van der Waals surface area (Å²) in [6.45, 7) is 16.5. The maximum atomic E-state index is 4.56. The topological polar surface area (TPSA) is 0 Å². The lowest BCUT2D eigenvalue weighted by Crippen LogP contribution is -2.34. The highest BCUT2D eigenvalue weighted by Gasteiger charge is 2.33. The summed E-state index contributed by atoms with van der Waals surface area (Å²) < 4.78 is 0. The zero-order valence-electron chi connectivity index (χ0n) is 14.4. The van der Waals surface area contributed by atoms with Crippen LogP contribution in [-0.2, 0) is 0 Å². The molecule has 1 heteroatoms. The van der Waals surface area contributed by atoms with E-state index in [1.165, 1.54) is 21.9 Å². The molecule has 0 saturated heterocycles. The first-order chi connectivity index (χ1) is 11.7. The first-order valence-electron chi connectivity index (χ1n) is 8.35. The Morgan fingerprint density at radius 1 is 0.750 bits per heavy atom. The lowest BCUT2D eigenvalue weighted by atomic mass is 10.00. The molecule has 0 fully saturated rings. The molecule has 0 aliphatic heterocycles. The lowest BCUT2D eigenvalue weighted by Gasteiger charge is -2.32. The largest absolute Gasteiger partial charge is 0.103 e. The van der Waals surface area contributed by atoms with E-state index in [9.17, 15) is 0 Å². The summed E-state index contributed by atoms with van der Waals surface area (Å²) in [6, 6.07) is 22.1. The van der Waals surface area contributed by atoms with Crippen molar-refractivity contribution in [2.75, 3.05) is 0 Å². The second-order valence-electron chi connectivity index (χ2n) is 6.15. The van der Waals surface area contributed by atoms with Crippen molar-refractivity contribution in [1.29, 1.82) is 0 Å². The molecule has 0 aliphatic rings. The molecule has 24 heavy (non-hydrogen) atoms. The Morgan fingerprint density at radius 2 is 1.25 bits per heavy atom. The second-order valence-corrected chi connectivity index (χ2v) is 10.5. The fraction of sp³-hybridized carbons (Fsp3) is 0.130. The number of hydrogen-bond donors (Lipinski definition) is 0. The van der Waals surface area contributed by atoms with Crippen molar-refractivity contribution < 1.29 is 0 Å². The van der Waals surface area contributed by atoms with E-state index in [1.807, 2.05) is 24.3 Å². The van der Waals surface area contributed by atoms with Crippen LogP contribution in [0.3, 0.4) is 0 Å². The van der Waals surface area contributed by atoms with Crippen molar-refractivity contribution in [3.8, 4) is 11.1 Å². The van der Waals surface area contributed by atoms with Crippen molar-refractivity contribution in [3.63, 3.8) is 0 Å². The Morgan fingerprint density at radius 3 is 1.79 bits per heavy atom. The van der Waals surface area contributed by atoms with Crippen molar-refractivity contribution >= 4 is 13.3 Å². The van der Waals surface area contributed by atoms with Crippen LogP contribution >= 0.6 is 0 Å². The molecular formula is C23H26Si. The Labute approximate surface area is 147 Å². The molecule has 0 heterocycles. The molecule has 0 nitrogen and oxygen atoms in total. The zero-order chi connectivity index (χ0) is 17.4. The van der Waals surface area contributed by atoms with Gasteiger partial charge in [0, 0.05) is 0 Å². The number of allylic oxidation sites excluding steroid dienone is 3. The predicted molar refractivity (Wildman–Crippen MR) is 112 cm³/mol. The third-order valence-electron chi connectivity index (χ3n) is 4.58. The molecule has 2 aromatic carbocycles. The van der Waals surface area contributed by atoms with Gasteiger partial charge in [0.15, 0.2) is 0 Å². The Hall–Kier alpha value is -2.38. The quantitative estimate of drug-likeness (QED) is 0.346. The van der Waals surface area contributed by atoms with E-state index in [0.717, 1.165) is 18.1 Å². The van der Waals surface area contributed by atoms with Gasteiger partial charge in [0.1, 0.15) is 0 Å². The highest BCUT2D eigenvalue weighted by atomic mass is 28.3. The summed E-state index contributed by atoms with van der Waals surface area (Å²) >= 11 is 0. The molecule has 2 aromatic rings. The Balaban J connectivity index is 2.56. The summed E-state index contributed by atoms with van der Waals surface area (Å²) in [7, 11) is -1.85. The van der Waals surface area contributed by atoms with Crippen LogP contribution in [0.25, 0.3) is 16.3 Å². The van der Waals surface area contributed by atoms with Gasteiger partial charge in [-0.3, -0.25) is 0 Å². The smallest absolute Gasteiger partial charge is 0.0977 e. The highest BCUT2D eigenvalue weighted by molar-refractivity contribution is 6.97. The van der Waals surface area contributed by atoms with Gasteiger partial charge in [-0.2, -0.15) is 0 Å². The molecule has 0 bridgehead atoms. The minimum atomic E-state index is -1.85. The molecule has 0 radical (unpaired) electrons. The summed E-state index contributed by atoms with van der Waals surface area (Å²) in [5.41, 5.74) is 3.73. The fourth-order valence-electron chi connectivity index (χ4n) is 3.35. The third-order valence-corrected chi connectivity index (χ3v) is 9.34. The molecule has 0 saturated carbocycles. The van der Waals surface area contributed by atoms with Crippen LogP contribution < -0.4 is 0 Å². The molecule has 122 valence electrons. The van der Waals surface area contributed by atoms with Gasteiger partial charge in [-0.05, 0) is 34.8 Å². The number of rotatable bonds is 9. The SMILES string of the molecule is C=CC[Si](CC=C)(CC=C)C(=C)c1ccccc1-c1ccccc1. The van der Waals surface area contributed by atoms with Crippen molar-refractivity contribution in [1.82, 2.24) is 0 Å². The predicted octanol–water partition coefficient (Wildman–Crippen LogP) is 6.91. The van der Waals surface area contributed by atoms with E-state index in [4.69, 9.17) is 0 Å². The maximum absolute atomic E-state index is 4.56. The molecule has 2 rings (SSSR count). The van der Waals surface area contributed by atoms with Crippen molar-refractivity contribution in [3.05, 3.63) is 105 Å². The molecule has 0 aliphatic carbocycles. The van der Waals surface area contributed by atoms with Gasteiger partial charge in [0.05, 0.1) is 8.07 Å². The summed E-state index contributed by atoms with van der Waals surface area (Å²) in [6.07, 6.45) is 6.11. The van der Waals surface area contributed by atoms with Crippen LogP contribution in [0.1, 0.15) is 5.56 Å². The van der Waals surface area contributed by atoms with E-state index in [-0.39, 0.29) is 0 Å². The average Bonchev–Trinajstić information content (AvgIpc) is 2.62. The molecule has 0 amide bonds. The standard InChI is InChI=1S/C23H26Si/c1-5-17-24(18-6-2,19-7-3)20(4)22-15-11-12-16-23(22)21-13-9-8-10-14-21/h5-16H,1-4,17-19H2. The maximum Gasteiger partial charge on any atom is 0.0977 e. The van der Waals surface area contributed by atoms with Crippen molar-refractivity contribution in [2.24, 2.45) is 0 Å². The normalized spacial score (nSPS) is 10.8. The summed E-state index contributed by atoms with van der Waals surface area (Å²) in [5, 5.41) is 1.27. The minimum absolute atomic E-state index is 0.993. The van der Waals surface area contributed by atoms with Crippen LogP contribution in [0, 0.1) is 0 Å². The van der Waals surface area contributed by atoms with E-state index < -0.39 is 8.07 Å². The van der Waals surface area contributed by atoms with E-state index >= 15 is 0 Å². The van der Waals surface area contributed by atoms with Gasteiger partial charge >= 0.3 is 0 Å². The first-order valence-corrected chi connectivity index (χ1v) is 11.0. The monoisotopic (exact) mass is 330 g/mol. The Bertz CT molecular complexity index is 698. The highest BCUT2D eigenvalue weighted by Crippen LogP contribution is 2.39. The van der Waals surface area contributed by atoms with Gasteiger partial charge in [0.25, 0.3) is 0 Å².